The van der Waals surface area contributed by atoms with Crippen molar-refractivity contribution >= 4 is 5.78 Å². The Kier molecular flexibility index (Phi) is 2.73. The summed E-state index contributed by atoms with van der Waals surface area (Å²) in [6, 6.07) is 0. The molecule has 4 rings (SSSR count). The van der Waals surface area contributed by atoms with Gasteiger partial charge in [0.1, 0.15) is 5.78 Å². The van der Waals surface area contributed by atoms with Crippen LogP contribution in [0, 0.1) is 46.8 Å². The van der Waals surface area contributed by atoms with Gasteiger partial charge in [0.25, 0.3) is 0 Å². The van der Waals surface area contributed by atoms with E-state index in [0.29, 0.717) is 41.3 Å². The summed E-state index contributed by atoms with van der Waals surface area (Å²) in [5.74, 6) is 3.40. The van der Waals surface area contributed by atoms with E-state index >= 15 is 0 Å². The highest BCUT2D eigenvalue weighted by atomic mass is 16.1. The topological polar surface area (TPSA) is 17.1 Å². The Morgan fingerprint density at radius 1 is 1.05 bits per heavy atom. The number of hydrogen-bond donors (Lipinski definition) is 0. The average Bonchev–Trinajstić information content (AvgIpc) is 3.18. The number of rotatable bonds is 3. The van der Waals surface area contributed by atoms with Gasteiger partial charge in [-0.2, -0.15) is 0 Å². The minimum absolute atomic E-state index is 0.114. The number of allylic oxidation sites excluding steroid dienone is 5. The molecular weight excluding hydrogens is 256 g/mol. The summed E-state index contributed by atoms with van der Waals surface area (Å²) < 4.78 is 0. The van der Waals surface area contributed by atoms with Gasteiger partial charge >= 0.3 is 0 Å². The Hall–Kier alpha value is -1.37. The molecule has 8 atom stereocenters. The fraction of sp³-hybridized carbons (Fsp3) is 0.550. The normalized spacial score (nSPS) is 53.3. The SMILES string of the molecule is C=C[C@@H]1C[C@H](C=C)[C@@H]2[C@H]1C(=O)[C@@]13CC=C[C@@H]1C[C@H](C=C)[C@@H]23. The minimum atomic E-state index is -0.114. The molecule has 1 spiro atoms. The van der Waals surface area contributed by atoms with Gasteiger partial charge in [0.05, 0.1) is 0 Å². The highest BCUT2D eigenvalue weighted by Crippen LogP contribution is 2.71. The Labute approximate surface area is 127 Å². The van der Waals surface area contributed by atoms with Crippen molar-refractivity contribution in [2.75, 3.05) is 0 Å². The van der Waals surface area contributed by atoms with E-state index in [9.17, 15) is 4.79 Å². The standard InChI is InChI=1S/C20H24O/c1-4-12-10-13(5-2)17-16(12)18-14(6-3)11-15-8-7-9-20(15,18)19(17)21/h4-8,12-18H,1-3,9-11H2/t12-,13+,14-,15+,16+,17-,18-,20-/m0/s1. The highest BCUT2D eigenvalue weighted by molar-refractivity contribution is 5.93. The lowest BCUT2D eigenvalue weighted by Gasteiger charge is -2.33. The molecule has 0 aromatic heterocycles. The highest BCUT2D eigenvalue weighted by Gasteiger charge is 2.71. The summed E-state index contributed by atoms with van der Waals surface area (Å²) in [6.45, 7) is 12.1. The van der Waals surface area contributed by atoms with E-state index in [2.05, 4.69) is 44.0 Å². The molecule has 0 saturated heterocycles. The van der Waals surface area contributed by atoms with E-state index < -0.39 is 0 Å². The lowest BCUT2D eigenvalue weighted by atomic mass is 9.69. The molecule has 0 aromatic carbocycles. The van der Waals surface area contributed by atoms with Gasteiger partial charge < -0.3 is 0 Å². The first-order valence-electron chi connectivity index (χ1n) is 8.27. The zero-order valence-electron chi connectivity index (χ0n) is 12.6. The van der Waals surface area contributed by atoms with Crippen LogP contribution in [0.3, 0.4) is 0 Å². The molecule has 0 heterocycles. The Balaban J connectivity index is 1.85. The average molecular weight is 280 g/mol. The number of carbonyl (C=O) groups excluding carboxylic acids is 1. The van der Waals surface area contributed by atoms with Crippen LogP contribution >= 0.6 is 0 Å². The van der Waals surface area contributed by atoms with Crippen LogP contribution in [0.5, 0.6) is 0 Å². The number of fused-ring (bicyclic) bond motifs is 2. The third kappa shape index (κ3) is 1.36. The van der Waals surface area contributed by atoms with Crippen LogP contribution in [0.4, 0.5) is 0 Å². The monoisotopic (exact) mass is 280 g/mol. The van der Waals surface area contributed by atoms with Gasteiger partial charge in [0, 0.05) is 11.3 Å². The summed E-state index contributed by atoms with van der Waals surface area (Å²) in [5, 5.41) is 0. The van der Waals surface area contributed by atoms with Crippen molar-refractivity contribution < 1.29 is 4.79 Å². The molecule has 0 bridgehead atoms. The van der Waals surface area contributed by atoms with E-state index in [4.69, 9.17) is 0 Å². The first kappa shape index (κ1) is 13.3. The van der Waals surface area contributed by atoms with Gasteiger partial charge in [-0.3, -0.25) is 4.79 Å². The van der Waals surface area contributed by atoms with E-state index in [-0.39, 0.29) is 11.3 Å². The van der Waals surface area contributed by atoms with Gasteiger partial charge in [-0.15, -0.1) is 19.7 Å². The molecule has 110 valence electrons. The van der Waals surface area contributed by atoms with E-state index in [0.717, 1.165) is 19.3 Å². The van der Waals surface area contributed by atoms with Gasteiger partial charge in [-0.05, 0) is 54.8 Å². The van der Waals surface area contributed by atoms with Crippen molar-refractivity contribution in [2.45, 2.75) is 19.3 Å². The third-order valence-electron chi connectivity index (χ3n) is 7.07. The summed E-state index contributed by atoms with van der Waals surface area (Å²) in [5.41, 5.74) is -0.114. The molecule has 0 N–H and O–H groups in total. The molecule has 4 aliphatic carbocycles. The summed E-state index contributed by atoms with van der Waals surface area (Å²) in [7, 11) is 0. The maximum Gasteiger partial charge on any atom is 0.144 e. The molecule has 1 heteroatoms. The maximum absolute atomic E-state index is 13.4. The van der Waals surface area contributed by atoms with Crippen molar-refractivity contribution in [3.8, 4) is 0 Å². The third-order valence-corrected chi connectivity index (χ3v) is 7.07. The molecule has 0 radical (unpaired) electrons. The fourth-order valence-corrected chi connectivity index (χ4v) is 6.40. The molecule has 3 fully saturated rings. The molecule has 0 unspecified atom stereocenters. The van der Waals surface area contributed by atoms with Crippen LogP contribution in [0.25, 0.3) is 0 Å². The van der Waals surface area contributed by atoms with Crippen LogP contribution in [0.2, 0.25) is 0 Å². The molecule has 0 aliphatic heterocycles. The van der Waals surface area contributed by atoms with E-state index in [1.54, 1.807) is 0 Å². The second-order valence-corrected chi connectivity index (χ2v) is 7.44. The number of ketones is 1. The lowest BCUT2D eigenvalue weighted by molar-refractivity contribution is -0.131. The van der Waals surface area contributed by atoms with Crippen LogP contribution in [-0.4, -0.2) is 5.78 Å². The maximum atomic E-state index is 13.4. The van der Waals surface area contributed by atoms with Crippen molar-refractivity contribution in [1.29, 1.82) is 0 Å². The van der Waals surface area contributed by atoms with Gasteiger partial charge in [0.2, 0.25) is 0 Å². The minimum Gasteiger partial charge on any atom is -0.299 e. The molecule has 3 saturated carbocycles. The summed E-state index contributed by atoms with van der Waals surface area (Å²) in [4.78, 5) is 13.4. The van der Waals surface area contributed by atoms with Crippen molar-refractivity contribution in [2.24, 2.45) is 46.8 Å². The predicted octanol–water partition coefficient (Wildman–Crippen LogP) is 4.19. The van der Waals surface area contributed by atoms with Crippen molar-refractivity contribution in [3.63, 3.8) is 0 Å². The molecular formula is C20H24O. The second-order valence-electron chi connectivity index (χ2n) is 7.44. The fourth-order valence-electron chi connectivity index (χ4n) is 6.40. The largest absolute Gasteiger partial charge is 0.299 e. The Morgan fingerprint density at radius 3 is 2.43 bits per heavy atom. The second kappa shape index (κ2) is 4.32. The van der Waals surface area contributed by atoms with E-state index in [1.807, 2.05) is 6.08 Å². The predicted molar refractivity (Wildman–Crippen MR) is 85.5 cm³/mol. The summed E-state index contributed by atoms with van der Waals surface area (Å²) >= 11 is 0. The van der Waals surface area contributed by atoms with Crippen LogP contribution in [-0.2, 0) is 4.79 Å². The van der Waals surface area contributed by atoms with E-state index in [1.165, 1.54) is 0 Å². The summed E-state index contributed by atoms with van der Waals surface area (Å²) in [6.07, 6.45) is 13.9. The molecule has 1 nitrogen and oxygen atoms in total. The smallest absolute Gasteiger partial charge is 0.144 e. The van der Waals surface area contributed by atoms with Crippen LogP contribution in [0.1, 0.15) is 19.3 Å². The Morgan fingerprint density at radius 2 is 1.76 bits per heavy atom. The van der Waals surface area contributed by atoms with Gasteiger partial charge in [0.15, 0.2) is 0 Å². The van der Waals surface area contributed by atoms with Gasteiger partial charge in [-0.25, -0.2) is 0 Å². The van der Waals surface area contributed by atoms with Crippen molar-refractivity contribution in [1.82, 2.24) is 0 Å². The molecule has 0 amide bonds. The Bertz CT molecular complexity index is 556. The molecule has 0 aromatic rings. The van der Waals surface area contributed by atoms with Gasteiger partial charge in [-0.1, -0.05) is 30.4 Å². The molecule has 21 heavy (non-hydrogen) atoms. The lowest BCUT2D eigenvalue weighted by Crippen LogP contribution is -2.35. The zero-order chi connectivity index (χ0) is 14.8. The van der Waals surface area contributed by atoms with Crippen molar-refractivity contribution in [3.05, 3.63) is 50.1 Å². The zero-order valence-corrected chi connectivity index (χ0v) is 12.6. The molecule has 4 aliphatic rings. The van der Waals surface area contributed by atoms with Crippen LogP contribution < -0.4 is 0 Å². The number of carbonyl (C=O) groups is 1. The number of Topliss-reactive ketones (excluding diaryl/α,β-unsaturated/α-hetero) is 1. The first-order chi connectivity index (χ1) is 10.2. The quantitative estimate of drug-likeness (QED) is 0.708. The van der Waals surface area contributed by atoms with Crippen LogP contribution in [0.15, 0.2) is 50.1 Å². The number of hydrogen-bond acceptors (Lipinski definition) is 1. The first-order valence-corrected chi connectivity index (χ1v) is 8.27.